The van der Waals surface area contributed by atoms with E-state index in [-0.39, 0.29) is 5.97 Å². The molecule has 3 heteroatoms. The van der Waals surface area contributed by atoms with Crippen LogP contribution in [0.25, 0.3) is 0 Å². The van der Waals surface area contributed by atoms with Gasteiger partial charge in [0.05, 0.1) is 0 Å². The van der Waals surface area contributed by atoms with Crippen LogP contribution in [-0.2, 0) is 9.53 Å². The van der Waals surface area contributed by atoms with E-state index >= 15 is 0 Å². The molecule has 1 aliphatic rings. The van der Waals surface area contributed by atoms with E-state index in [1.54, 1.807) is 0 Å². The van der Waals surface area contributed by atoms with Crippen LogP contribution in [0, 0.1) is 5.92 Å². The molecule has 0 radical (unpaired) electrons. The van der Waals surface area contributed by atoms with Gasteiger partial charge >= 0.3 is 5.97 Å². The summed E-state index contributed by atoms with van der Waals surface area (Å²) in [5.41, 5.74) is 0. The molecule has 0 heterocycles. The zero-order chi connectivity index (χ0) is 11.1. The van der Waals surface area contributed by atoms with Gasteiger partial charge in [-0.3, -0.25) is 4.79 Å². The van der Waals surface area contributed by atoms with Crippen LogP contribution in [0.4, 0.5) is 0 Å². The van der Waals surface area contributed by atoms with E-state index in [1.165, 1.54) is 25.7 Å². The average molecular weight is 213 g/mol. The van der Waals surface area contributed by atoms with Gasteiger partial charge < -0.3 is 9.64 Å². The van der Waals surface area contributed by atoms with Gasteiger partial charge in [0, 0.05) is 13.0 Å². The fraction of sp³-hybridized carbons (Fsp3) is 0.917. The van der Waals surface area contributed by atoms with Crippen LogP contribution in [0.5, 0.6) is 0 Å². The summed E-state index contributed by atoms with van der Waals surface area (Å²) < 4.78 is 5.13. The molecule has 88 valence electrons. The summed E-state index contributed by atoms with van der Waals surface area (Å²) in [6.45, 7) is 1.34. The van der Waals surface area contributed by atoms with E-state index in [4.69, 9.17) is 4.74 Å². The summed E-state index contributed by atoms with van der Waals surface area (Å²) in [4.78, 5) is 13.4. The Morgan fingerprint density at radius 3 is 2.60 bits per heavy atom. The van der Waals surface area contributed by atoms with Crippen LogP contribution in [-0.4, -0.2) is 38.1 Å². The molecule has 0 spiro atoms. The van der Waals surface area contributed by atoms with Gasteiger partial charge in [-0.15, -0.1) is 0 Å². The van der Waals surface area contributed by atoms with Crippen molar-refractivity contribution in [3.05, 3.63) is 0 Å². The number of ether oxygens (including phenoxy) is 1. The van der Waals surface area contributed by atoms with Crippen molar-refractivity contribution in [3.8, 4) is 0 Å². The van der Waals surface area contributed by atoms with Gasteiger partial charge in [0.2, 0.25) is 0 Å². The molecule has 0 bridgehead atoms. The normalized spacial score (nSPS) is 17.3. The molecule has 0 N–H and O–H groups in total. The van der Waals surface area contributed by atoms with Crippen molar-refractivity contribution in [2.45, 2.75) is 38.5 Å². The number of rotatable bonds is 6. The first kappa shape index (κ1) is 12.5. The highest BCUT2D eigenvalue weighted by molar-refractivity contribution is 5.69. The number of carbonyl (C=O) groups is 1. The summed E-state index contributed by atoms with van der Waals surface area (Å²) in [6.07, 6.45) is 6.95. The lowest BCUT2D eigenvalue weighted by molar-refractivity contribution is -0.144. The minimum Gasteiger partial charge on any atom is -0.464 e. The summed E-state index contributed by atoms with van der Waals surface area (Å²) in [5, 5.41) is 0. The standard InChI is InChI=1S/C12H23NO2/c1-13(2)9-10-15-12(14)8-7-11-5-3-4-6-11/h11H,3-10H2,1-2H3. The van der Waals surface area contributed by atoms with Crippen LogP contribution in [0.15, 0.2) is 0 Å². The highest BCUT2D eigenvalue weighted by Gasteiger charge is 2.16. The maximum atomic E-state index is 11.3. The van der Waals surface area contributed by atoms with Gasteiger partial charge in [0.25, 0.3) is 0 Å². The number of hydrogen-bond acceptors (Lipinski definition) is 3. The van der Waals surface area contributed by atoms with Crippen LogP contribution >= 0.6 is 0 Å². The average Bonchev–Trinajstić information content (AvgIpc) is 2.66. The largest absolute Gasteiger partial charge is 0.464 e. The lowest BCUT2D eigenvalue weighted by atomic mass is 10.0. The van der Waals surface area contributed by atoms with E-state index in [2.05, 4.69) is 0 Å². The van der Waals surface area contributed by atoms with E-state index in [9.17, 15) is 4.79 Å². The molecule has 0 aliphatic heterocycles. The third-order valence-electron chi connectivity index (χ3n) is 3.03. The zero-order valence-corrected chi connectivity index (χ0v) is 10.00. The molecule has 3 nitrogen and oxygen atoms in total. The number of esters is 1. The quantitative estimate of drug-likeness (QED) is 0.633. The Bertz CT molecular complexity index is 186. The third kappa shape index (κ3) is 5.78. The maximum Gasteiger partial charge on any atom is 0.305 e. The second-order valence-electron chi connectivity index (χ2n) is 4.71. The fourth-order valence-corrected chi connectivity index (χ4v) is 2.04. The number of likely N-dealkylation sites (N-methyl/N-ethyl adjacent to an activating group) is 1. The first-order valence-corrected chi connectivity index (χ1v) is 5.99. The van der Waals surface area contributed by atoms with Gasteiger partial charge in [-0.1, -0.05) is 25.7 Å². The smallest absolute Gasteiger partial charge is 0.305 e. The highest BCUT2D eigenvalue weighted by atomic mass is 16.5. The molecule has 0 aromatic heterocycles. The van der Waals surface area contributed by atoms with Crippen molar-refractivity contribution in [2.24, 2.45) is 5.92 Å². The SMILES string of the molecule is CN(C)CCOC(=O)CCC1CCCC1. The molecule has 0 aromatic carbocycles. The van der Waals surface area contributed by atoms with E-state index < -0.39 is 0 Å². The second kappa shape index (κ2) is 6.83. The first-order chi connectivity index (χ1) is 7.18. The van der Waals surface area contributed by atoms with Crippen LogP contribution < -0.4 is 0 Å². The Morgan fingerprint density at radius 2 is 2.00 bits per heavy atom. The lowest BCUT2D eigenvalue weighted by Crippen LogP contribution is -2.20. The predicted molar refractivity (Wildman–Crippen MR) is 60.7 cm³/mol. The van der Waals surface area contributed by atoms with Crippen molar-refractivity contribution in [2.75, 3.05) is 27.2 Å². The van der Waals surface area contributed by atoms with Gasteiger partial charge in [-0.25, -0.2) is 0 Å². The minimum absolute atomic E-state index is 0.0243. The first-order valence-electron chi connectivity index (χ1n) is 5.99. The summed E-state index contributed by atoms with van der Waals surface area (Å²) in [7, 11) is 3.96. The van der Waals surface area contributed by atoms with Crippen molar-refractivity contribution in [1.82, 2.24) is 4.90 Å². The maximum absolute atomic E-state index is 11.3. The van der Waals surface area contributed by atoms with Crippen molar-refractivity contribution >= 4 is 5.97 Å². The molecule has 15 heavy (non-hydrogen) atoms. The van der Waals surface area contributed by atoms with Crippen LogP contribution in [0.2, 0.25) is 0 Å². The van der Waals surface area contributed by atoms with Gasteiger partial charge in [-0.05, 0) is 26.4 Å². The third-order valence-corrected chi connectivity index (χ3v) is 3.03. The van der Waals surface area contributed by atoms with Crippen LogP contribution in [0.3, 0.4) is 0 Å². The van der Waals surface area contributed by atoms with Gasteiger partial charge in [0.15, 0.2) is 0 Å². The van der Waals surface area contributed by atoms with Crippen molar-refractivity contribution in [1.29, 1.82) is 0 Å². The Hall–Kier alpha value is -0.570. The molecule has 0 aromatic rings. The number of nitrogens with zero attached hydrogens (tertiary/aromatic N) is 1. The van der Waals surface area contributed by atoms with Crippen molar-refractivity contribution < 1.29 is 9.53 Å². The molecule has 1 aliphatic carbocycles. The minimum atomic E-state index is -0.0243. The Labute approximate surface area is 92.8 Å². The molecule has 1 rings (SSSR count). The molecular formula is C12H23NO2. The Balaban J connectivity index is 1.98. The fourth-order valence-electron chi connectivity index (χ4n) is 2.04. The topological polar surface area (TPSA) is 29.5 Å². The Kier molecular flexibility index (Phi) is 5.69. The van der Waals surface area contributed by atoms with Gasteiger partial charge in [-0.2, -0.15) is 0 Å². The van der Waals surface area contributed by atoms with E-state index in [0.717, 1.165) is 18.9 Å². The molecule has 0 atom stereocenters. The number of hydrogen-bond donors (Lipinski definition) is 0. The summed E-state index contributed by atoms with van der Waals surface area (Å²) in [6, 6.07) is 0. The molecule has 0 amide bonds. The molecule has 0 unspecified atom stereocenters. The van der Waals surface area contributed by atoms with Crippen molar-refractivity contribution in [3.63, 3.8) is 0 Å². The molecule has 1 fully saturated rings. The van der Waals surface area contributed by atoms with E-state index in [1.807, 2.05) is 19.0 Å². The zero-order valence-electron chi connectivity index (χ0n) is 10.00. The second-order valence-corrected chi connectivity index (χ2v) is 4.71. The lowest BCUT2D eigenvalue weighted by Gasteiger charge is -2.11. The summed E-state index contributed by atoms with van der Waals surface area (Å²) in [5.74, 6) is 0.759. The Morgan fingerprint density at radius 1 is 1.33 bits per heavy atom. The predicted octanol–water partition coefficient (Wildman–Crippen LogP) is 2.06. The van der Waals surface area contributed by atoms with E-state index in [0.29, 0.717) is 13.0 Å². The number of carbonyl (C=O) groups excluding carboxylic acids is 1. The van der Waals surface area contributed by atoms with Crippen LogP contribution in [0.1, 0.15) is 38.5 Å². The monoisotopic (exact) mass is 213 g/mol. The highest BCUT2D eigenvalue weighted by Crippen LogP contribution is 2.28. The molecule has 1 saturated carbocycles. The molecular weight excluding hydrogens is 190 g/mol. The summed E-state index contributed by atoms with van der Waals surface area (Å²) >= 11 is 0. The molecule has 0 saturated heterocycles. The van der Waals surface area contributed by atoms with Gasteiger partial charge in [0.1, 0.15) is 6.61 Å².